The highest BCUT2D eigenvalue weighted by atomic mass is 16.5. The number of nitrogens with zero attached hydrogens (tertiary/aromatic N) is 1. The molecule has 0 bridgehead atoms. The molecule has 0 saturated carbocycles. The molecule has 2 rings (SSSR count). The first-order valence-electron chi connectivity index (χ1n) is 17.6. The highest BCUT2D eigenvalue weighted by Gasteiger charge is 2.28. The number of rotatable bonds is 17. The van der Waals surface area contributed by atoms with Crippen molar-refractivity contribution in [3.8, 4) is 0 Å². The zero-order valence-corrected chi connectivity index (χ0v) is 33.1. The third-order valence-electron chi connectivity index (χ3n) is 7.26. The average molecular weight is 787 g/mol. The number of amides is 2. The van der Waals surface area contributed by atoms with Crippen LogP contribution in [0.1, 0.15) is 85.8 Å². The van der Waals surface area contributed by atoms with E-state index in [0.29, 0.717) is 12.8 Å². The normalized spacial score (nSPS) is 12.9. The van der Waals surface area contributed by atoms with Crippen molar-refractivity contribution in [2.24, 2.45) is 21.6 Å². The highest BCUT2D eigenvalue weighted by Crippen LogP contribution is 2.17. The summed E-state index contributed by atoms with van der Waals surface area (Å²) in [5.74, 6) is -4.86. The number of esters is 2. The number of carboxylic acid groups (broad SMARTS) is 2. The van der Waals surface area contributed by atoms with Crippen molar-refractivity contribution >= 4 is 48.2 Å². The smallest absolute Gasteiger partial charge is 0.328 e. The molecule has 0 heterocycles. The van der Waals surface area contributed by atoms with Crippen LogP contribution in [0.4, 0.5) is 0 Å². The van der Waals surface area contributed by atoms with E-state index in [1.165, 1.54) is 14.2 Å². The van der Waals surface area contributed by atoms with E-state index in [2.05, 4.69) is 20.4 Å². The lowest BCUT2D eigenvalue weighted by Gasteiger charge is -2.19. The summed E-state index contributed by atoms with van der Waals surface area (Å²) in [6.07, 6.45) is 3.30. The predicted octanol–water partition coefficient (Wildman–Crippen LogP) is 4.18. The first-order valence-corrected chi connectivity index (χ1v) is 17.6. The van der Waals surface area contributed by atoms with Crippen LogP contribution in [-0.4, -0.2) is 96.8 Å². The number of benzene rings is 2. The molecule has 0 aliphatic rings. The quantitative estimate of drug-likeness (QED) is 0.0862. The van der Waals surface area contributed by atoms with E-state index in [0.717, 1.165) is 17.4 Å². The Hall–Kier alpha value is -5.44. The fraction of sp³-hybridized carbons (Fsp3) is 0.512. The number of hydrogen-bond donors (Lipinski definition) is 5. The van der Waals surface area contributed by atoms with Crippen LogP contribution in [0.15, 0.2) is 65.7 Å². The summed E-state index contributed by atoms with van der Waals surface area (Å²) in [6, 6.07) is 14.1. The van der Waals surface area contributed by atoms with Crippen molar-refractivity contribution in [2.75, 3.05) is 14.2 Å². The van der Waals surface area contributed by atoms with E-state index in [-0.39, 0.29) is 31.1 Å². The lowest BCUT2D eigenvalue weighted by molar-refractivity contribution is -0.146. The van der Waals surface area contributed by atoms with Gasteiger partial charge in [-0.3, -0.25) is 24.2 Å². The molecule has 15 heteroatoms. The van der Waals surface area contributed by atoms with E-state index in [4.69, 9.17) is 20.7 Å². The Morgan fingerprint density at radius 2 is 1.09 bits per heavy atom. The maximum Gasteiger partial charge on any atom is 0.328 e. The first kappa shape index (κ1) is 52.7. The molecule has 0 unspecified atom stereocenters. The second kappa shape index (κ2) is 27.2. The van der Waals surface area contributed by atoms with Gasteiger partial charge in [0.25, 0.3) is 0 Å². The van der Waals surface area contributed by atoms with Crippen LogP contribution in [0, 0.1) is 10.8 Å². The van der Waals surface area contributed by atoms with Crippen LogP contribution in [0.3, 0.4) is 0 Å². The number of carbonyl (C=O) groups is 7. The molecule has 0 spiro atoms. The Balaban J connectivity index is 0. The number of carboxylic acids is 2. The van der Waals surface area contributed by atoms with Crippen LogP contribution >= 0.6 is 0 Å². The highest BCUT2D eigenvalue weighted by molar-refractivity contribution is 5.91. The minimum atomic E-state index is -1.22. The summed E-state index contributed by atoms with van der Waals surface area (Å²) in [5, 5.41) is 22.7. The molecule has 0 aromatic heterocycles. The summed E-state index contributed by atoms with van der Waals surface area (Å²) in [5.41, 5.74) is 7.29. The van der Waals surface area contributed by atoms with Crippen molar-refractivity contribution in [2.45, 2.75) is 112 Å². The van der Waals surface area contributed by atoms with Gasteiger partial charge >= 0.3 is 23.9 Å². The Kier molecular flexibility index (Phi) is 25.6. The molecule has 0 fully saturated rings. The fourth-order valence-electron chi connectivity index (χ4n) is 4.28. The summed E-state index contributed by atoms with van der Waals surface area (Å²) in [6.45, 7) is 12.2. The van der Waals surface area contributed by atoms with Gasteiger partial charge in [-0.15, -0.1) is 0 Å². The number of nitrogens with two attached hydrogens (primary N) is 1. The van der Waals surface area contributed by atoms with E-state index >= 15 is 0 Å². The van der Waals surface area contributed by atoms with Crippen molar-refractivity contribution in [1.82, 2.24) is 10.6 Å². The van der Waals surface area contributed by atoms with Crippen molar-refractivity contribution < 1.29 is 53.2 Å². The standard InChI is InChI=1S/C20H28N2O5.C14H18N2O5.C6H12O.CH4/c1-20(2,3)10-11-21-15(13-17(23)24)18(25)22-16(19(26)27-4)12-14-8-6-5-7-9-14;1-21-14(20)11(7-9-5-3-2-4-6-9)16-13(19)10(15)8-12(17)18;1-6(2,3)4-5-7;/h5-9,11,15-16H,10,12-13H2,1-4H3,(H,22,25)(H,23,24);2-6,10-11H,7-8,15H2,1H3,(H,16,19)(H,17,18);5H,4H2,1-3H3;1H4/t15-,16-;10-,11-;;/m00../s1. The lowest BCUT2D eigenvalue weighted by Crippen LogP contribution is -2.50. The minimum absolute atomic E-state index is 0. The molecule has 15 nitrogen and oxygen atoms in total. The van der Waals surface area contributed by atoms with Crippen molar-refractivity contribution in [1.29, 1.82) is 0 Å². The molecule has 56 heavy (non-hydrogen) atoms. The van der Waals surface area contributed by atoms with Crippen LogP contribution in [0.25, 0.3) is 0 Å². The third kappa shape index (κ3) is 25.6. The summed E-state index contributed by atoms with van der Waals surface area (Å²) in [7, 11) is 2.45. The number of ether oxygens (including phenoxy) is 2. The Morgan fingerprint density at radius 1 is 0.696 bits per heavy atom. The SMILES string of the molecule is C.CC(C)(C)CC=O.COC(=O)[C@H](Cc1ccccc1)NC(=O)[C@@H](N)CC(=O)O.COC(=O)[C@H](Cc1ccccc1)NC(=O)[C@H](CC(=O)O)N=CCC(C)(C)C. The molecular weight excluding hydrogens is 724 g/mol. The number of aldehydes is 1. The average Bonchev–Trinajstić information content (AvgIpc) is 3.09. The topological polar surface area (TPSA) is 241 Å². The maximum absolute atomic E-state index is 12.6. The van der Waals surface area contributed by atoms with E-state index < -0.39 is 72.7 Å². The van der Waals surface area contributed by atoms with Crippen LogP contribution in [0.2, 0.25) is 0 Å². The van der Waals surface area contributed by atoms with E-state index in [1.807, 2.05) is 90.1 Å². The largest absolute Gasteiger partial charge is 0.481 e. The van der Waals surface area contributed by atoms with Gasteiger partial charge in [-0.05, 0) is 28.4 Å². The molecular formula is C41H62N4O11. The number of carbonyl (C=O) groups excluding carboxylic acids is 5. The van der Waals surface area contributed by atoms with Gasteiger partial charge in [-0.1, -0.05) is 110 Å². The van der Waals surface area contributed by atoms with Gasteiger partial charge < -0.3 is 40.8 Å². The monoisotopic (exact) mass is 786 g/mol. The summed E-state index contributed by atoms with van der Waals surface area (Å²) in [4.78, 5) is 83.7. The maximum atomic E-state index is 12.6. The van der Waals surface area contributed by atoms with Crippen LogP contribution in [0.5, 0.6) is 0 Å². The van der Waals surface area contributed by atoms with Gasteiger partial charge in [0.1, 0.15) is 24.4 Å². The zero-order valence-electron chi connectivity index (χ0n) is 33.1. The van der Waals surface area contributed by atoms with Gasteiger partial charge in [0.05, 0.1) is 33.1 Å². The zero-order chi connectivity index (χ0) is 42.2. The van der Waals surface area contributed by atoms with Crippen molar-refractivity contribution in [3.63, 3.8) is 0 Å². The molecule has 6 N–H and O–H groups in total. The van der Waals surface area contributed by atoms with Gasteiger partial charge in [-0.2, -0.15) is 0 Å². The molecule has 2 aromatic rings. The van der Waals surface area contributed by atoms with Gasteiger partial charge in [0, 0.05) is 25.5 Å². The Morgan fingerprint density at radius 3 is 1.41 bits per heavy atom. The predicted molar refractivity (Wildman–Crippen MR) is 214 cm³/mol. The van der Waals surface area contributed by atoms with E-state index in [1.54, 1.807) is 18.3 Å². The fourth-order valence-corrected chi connectivity index (χ4v) is 4.28. The molecule has 4 atom stereocenters. The van der Waals surface area contributed by atoms with Gasteiger partial charge in [0.2, 0.25) is 11.8 Å². The molecule has 0 aliphatic carbocycles. The summed E-state index contributed by atoms with van der Waals surface area (Å²) < 4.78 is 9.40. The molecule has 2 amide bonds. The molecule has 2 aromatic carbocycles. The molecule has 0 aliphatic heterocycles. The first-order chi connectivity index (χ1) is 25.6. The Labute approximate surface area is 330 Å². The van der Waals surface area contributed by atoms with Gasteiger partial charge in [0.15, 0.2) is 0 Å². The van der Waals surface area contributed by atoms with E-state index in [9.17, 15) is 33.6 Å². The van der Waals surface area contributed by atoms with Crippen LogP contribution < -0.4 is 16.4 Å². The number of aliphatic imine (C=N–C) groups is 1. The molecule has 0 saturated heterocycles. The minimum Gasteiger partial charge on any atom is -0.481 e. The number of aliphatic carboxylic acids is 2. The second-order valence-electron chi connectivity index (χ2n) is 14.9. The molecule has 0 radical (unpaired) electrons. The molecule has 312 valence electrons. The summed E-state index contributed by atoms with van der Waals surface area (Å²) >= 11 is 0. The Bertz CT molecular complexity index is 1540. The lowest BCUT2D eigenvalue weighted by atomic mass is 9.93. The van der Waals surface area contributed by atoms with Crippen molar-refractivity contribution in [3.05, 3.63) is 71.8 Å². The van der Waals surface area contributed by atoms with Gasteiger partial charge in [-0.25, -0.2) is 9.59 Å². The number of nitrogens with one attached hydrogen (secondary N) is 2. The van der Waals surface area contributed by atoms with Crippen LogP contribution in [-0.2, 0) is 55.9 Å². The third-order valence-corrected chi connectivity index (χ3v) is 7.26. The number of methoxy groups -OCH3 is 2. The second-order valence-corrected chi connectivity index (χ2v) is 14.9. The number of hydrogen-bond acceptors (Lipinski definition) is 11.